The highest BCUT2D eigenvalue weighted by Crippen LogP contribution is 2.20. The van der Waals surface area contributed by atoms with Crippen molar-refractivity contribution in [2.75, 3.05) is 26.2 Å². The highest BCUT2D eigenvalue weighted by Gasteiger charge is 2.29. The first-order valence-corrected chi connectivity index (χ1v) is 12.2. The Morgan fingerprint density at radius 3 is 2.42 bits per heavy atom. The second-order valence-electron chi connectivity index (χ2n) is 7.70. The van der Waals surface area contributed by atoms with E-state index in [1.807, 2.05) is 35.9 Å². The molecule has 0 unspecified atom stereocenters. The largest absolute Gasteiger partial charge is 0.461 e. The Balaban J connectivity index is 1.41. The molecule has 8 nitrogen and oxygen atoms in total. The summed E-state index contributed by atoms with van der Waals surface area (Å²) in [4.78, 5) is 2.52. The molecule has 10 heteroatoms. The van der Waals surface area contributed by atoms with Crippen molar-refractivity contribution in [2.24, 2.45) is 7.05 Å². The van der Waals surface area contributed by atoms with E-state index in [2.05, 4.69) is 16.9 Å². The van der Waals surface area contributed by atoms with E-state index in [-0.39, 0.29) is 0 Å². The fourth-order valence-electron chi connectivity index (χ4n) is 3.77. The van der Waals surface area contributed by atoms with Crippen LogP contribution < -0.4 is 0 Å². The van der Waals surface area contributed by atoms with Gasteiger partial charge in [-0.2, -0.15) is 4.31 Å². The van der Waals surface area contributed by atoms with Crippen LogP contribution in [0.3, 0.4) is 0 Å². The van der Waals surface area contributed by atoms with Crippen molar-refractivity contribution in [3.05, 3.63) is 53.0 Å². The molecule has 3 aromatic rings. The van der Waals surface area contributed by atoms with E-state index in [1.165, 1.54) is 0 Å². The van der Waals surface area contributed by atoms with Gasteiger partial charge in [-0.15, -0.1) is 5.10 Å². The summed E-state index contributed by atoms with van der Waals surface area (Å²) in [5, 5.41) is 4.59. The van der Waals surface area contributed by atoms with Crippen LogP contribution >= 0.6 is 12.2 Å². The van der Waals surface area contributed by atoms with E-state index >= 15 is 0 Å². The molecular formula is C21H27N5O3S2. The number of furan rings is 1. The number of aryl methyl sites for hydroxylation is 1. The summed E-state index contributed by atoms with van der Waals surface area (Å²) >= 11 is 5.52. The Labute approximate surface area is 187 Å². The third-order valence-electron chi connectivity index (χ3n) is 5.55. The van der Waals surface area contributed by atoms with Gasteiger partial charge in [0, 0.05) is 33.2 Å². The van der Waals surface area contributed by atoms with Gasteiger partial charge in [0.05, 0.1) is 17.8 Å². The van der Waals surface area contributed by atoms with Crippen LogP contribution in [-0.2, 0) is 30.2 Å². The molecule has 1 aliphatic heterocycles. The summed E-state index contributed by atoms with van der Waals surface area (Å²) in [5.74, 6) is 1.33. The van der Waals surface area contributed by atoms with E-state index in [4.69, 9.17) is 16.6 Å². The number of benzene rings is 1. The summed E-state index contributed by atoms with van der Waals surface area (Å²) in [6.07, 6.45) is 3.60. The fraction of sp³-hybridized carbons (Fsp3) is 0.429. The SMILES string of the molecule is CCCc1ccc(S(=O)(=O)N2CCN(Cn3nc(-c4ccco4)n(C)c3=S)CC2)cc1. The highest BCUT2D eigenvalue weighted by atomic mass is 32.2. The number of hydrogen-bond donors (Lipinski definition) is 0. The lowest BCUT2D eigenvalue weighted by atomic mass is 10.1. The second kappa shape index (κ2) is 9.07. The molecule has 0 spiro atoms. The number of piperazine rings is 1. The molecule has 1 saturated heterocycles. The number of sulfonamides is 1. The van der Waals surface area contributed by atoms with E-state index in [9.17, 15) is 8.42 Å². The Morgan fingerprint density at radius 2 is 1.81 bits per heavy atom. The first-order valence-electron chi connectivity index (χ1n) is 10.4. The molecule has 1 aromatic carbocycles. The summed E-state index contributed by atoms with van der Waals surface area (Å²) in [5.41, 5.74) is 1.16. The highest BCUT2D eigenvalue weighted by molar-refractivity contribution is 7.89. The lowest BCUT2D eigenvalue weighted by Gasteiger charge is -2.33. The maximum Gasteiger partial charge on any atom is 0.243 e. The zero-order valence-electron chi connectivity index (χ0n) is 17.8. The Morgan fingerprint density at radius 1 is 1.10 bits per heavy atom. The summed E-state index contributed by atoms with van der Waals surface area (Å²) in [6.45, 7) is 4.71. The van der Waals surface area contributed by atoms with Crippen LogP contribution in [0.5, 0.6) is 0 Å². The molecule has 0 N–H and O–H groups in total. The van der Waals surface area contributed by atoms with Crippen molar-refractivity contribution >= 4 is 22.2 Å². The van der Waals surface area contributed by atoms with Gasteiger partial charge in [-0.05, 0) is 48.5 Å². The van der Waals surface area contributed by atoms with Crippen LogP contribution in [0.2, 0.25) is 0 Å². The molecule has 0 bridgehead atoms. The van der Waals surface area contributed by atoms with Crippen LogP contribution in [0.4, 0.5) is 0 Å². The number of nitrogens with zero attached hydrogens (tertiary/aromatic N) is 5. The smallest absolute Gasteiger partial charge is 0.243 e. The van der Waals surface area contributed by atoms with Gasteiger partial charge >= 0.3 is 0 Å². The zero-order chi connectivity index (χ0) is 22.0. The maximum atomic E-state index is 13.0. The molecule has 3 heterocycles. The van der Waals surface area contributed by atoms with Crippen molar-refractivity contribution in [1.82, 2.24) is 23.6 Å². The number of rotatable bonds is 7. The molecular weight excluding hydrogens is 434 g/mol. The van der Waals surface area contributed by atoms with Gasteiger partial charge in [-0.25, -0.2) is 13.1 Å². The van der Waals surface area contributed by atoms with E-state index in [0.29, 0.717) is 54.1 Å². The van der Waals surface area contributed by atoms with Gasteiger partial charge in [0.25, 0.3) is 0 Å². The predicted molar refractivity (Wildman–Crippen MR) is 121 cm³/mol. The maximum absolute atomic E-state index is 13.0. The first-order chi connectivity index (χ1) is 14.9. The van der Waals surface area contributed by atoms with Gasteiger partial charge < -0.3 is 8.98 Å². The van der Waals surface area contributed by atoms with Crippen LogP contribution in [0.25, 0.3) is 11.6 Å². The third-order valence-corrected chi connectivity index (χ3v) is 7.94. The first kappa shape index (κ1) is 21.9. The number of hydrogen-bond acceptors (Lipinski definition) is 6. The average Bonchev–Trinajstić information content (AvgIpc) is 3.39. The van der Waals surface area contributed by atoms with E-state index < -0.39 is 10.0 Å². The minimum absolute atomic E-state index is 0.357. The number of aromatic nitrogens is 3. The lowest BCUT2D eigenvalue weighted by Crippen LogP contribution is -2.48. The molecule has 0 radical (unpaired) electrons. The molecule has 1 fully saturated rings. The molecule has 1 aliphatic rings. The molecule has 2 aromatic heterocycles. The zero-order valence-corrected chi connectivity index (χ0v) is 19.4. The Kier molecular flexibility index (Phi) is 6.42. The van der Waals surface area contributed by atoms with Crippen LogP contribution in [0, 0.1) is 4.77 Å². The van der Waals surface area contributed by atoms with Crippen LogP contribution in [0.15, 0.2) is 52.0 Å². The minimum Gasteiger partial charge on any atom is -0.461 e. The lowest BCUT2D eigenvalue weighted by molar-refractivity contribution is 0.144. The van der Waals surface area contributed by atoms with Gasteiger partial charge in [0.15, 0.2) is 16.4 Å². The molecule has 166 valence electrons. The Hall–Kier alpha value is -2.27. The summed E-state index contributed by atoms with van der Waals surface area (Å²) in [7, 11) is -1.62. The van der Waals surface area contributed by atoms with Gasteiger partial charge in [0.1, 0.15) is 0 Å². The minimum atomic E-state index is -3.48. The van der Waals surface area contributed by atoms with Crippen molar-refractivity contribution in [3.8, 4) is 11.6 Å². The molecule has 0 saturated carbocycles. The Bertz CT molecular complexity index is 1170. The van der Waals surface area contributed by atoms with E-state index in [0.717, 1.165) is 18.4 Å². The van der Waals surface area contributed by atoms with Gasteiger partial charge in [0.2, 0.25) is 10.0 Å². The second-order valence-corrected chi connectivity index (χ2v) is 10.0. The molecule has 0 amide bonds. The summed E-state index contributed by atoms with van der Waals surface area (Å²) in [6, 6.07) is 10.9. The third kappa shape index (κ3) is 4.52. The normalized spacial score (nSPS) is 16.1. The molecule has 0 aliphatic carbocycles. The average molecular weight is 462 g/mol. The van der Waals surface area contributed by atoms with Crippen molar-refractivity contribution < 1.29 is 12.8 Å². The standard InChI is InChI=1S/C21H27N5O3S2/c1-3-5-17-7-9-18(10-8-17)31(27,28)25-13-11-24(12-14-25)16-26-21(30)23(2)20(22-26)19-6-4-15-29-19/h4,6-10,15H,3,5,11-14,16H2,1-2H3. The quantitative estimate of drug-likeness (QED) is 0.503. The fourth-order valence-corrected chi connectivity index (χ4v) is 5.37. The van der Waals surface area contributed by atoms with Gasteiger partial charge in [-0.1, -0.05) is 25.5 Å². The molecule has 31 heavy (non-hydrogen) atoms. The van der Waals surface area contributed by atoms with E-state index in [1.54, 1.807) is 27.4 Å². The predicted octanol–water partition coefficient (Wildman–Crippen LogP) is 3.13. The van der Waals surface area contributed by atoms with Crippen molar-refractivity contribution in [3.63, 3.8) is 0 Å². The van der Waals surface area contributed by atoms with Crippen molar-refractivity contribution in [1.29, 1.82) is 0 Å². The van der Waals surface area contributed by atoms with Crippen molar-refractivity contribution in [2.45, 2.75) is 31.3 Å². The molecule has 4 rings (SSSR count). The van der Waals surface area contributed by atoms with Crippen LogP contribution in [-0.4, -0.2) is 58.1 Å². The van der Waals surface area contributed by atoms with Gasteiger partial charge in [-0.3, -0.25) is 4.90 Å². The van der Waals surface area contributed by atoms with Crippen LogP contribution in [0.1, 0.15) is 18.9 Å². The summed E-state index contributed by atoms with van der Waals surface area (Å²) < 4.78 is 37.2. The monoisotopic (exact) mass is 461 g/mol. The topological polar surface area (TPSA) is 76.5 Å². The molecule has 0 atom stereocenters.